The van der Waals surface area contributed by atoms with Crippen molar-refractivity contribution in [3.05, 3.63) is 90.1 Å². The van der Waals surface area contributed by atoms with Crippen LogP contribution < -0.4 is 9.62 Å². The Hall–Kier alpha value is -3.53. The summed E-state index contributed by atoms with van der Waals surface area (Å²) in [6, 6.07) is 23.3. The van der Waals surface area contributed by atoms with Crippen molar-refractivity contribution in [2.24, 2.45) is 0 Å². The fourth-order valence-electron chi connectivity index (χ4n) is 5.06. The molecule has 7 nitrogen and oxygen atoms in total. The van der Waals surface area contributed by atoms with Gasteiger partial charge in [-0.25, -0.2) is 8.42 Å². The summed E-state index contributed by atoms with van der Waals surface area (Å²) in [6.45, 7) is 6.86. The molecule has 6 rings (SSSR count). The van der Waals surface area contributed by atoms with Crippen molar-refractivity contribution in [2.75, 3.05) is 42.3 Å². The van der Waals surface area contributed by atoms with Crippen LogP contribution in [0.5, 0.6) is 0 Å². The molecule has 38 heavy (non-hydrogen) atoms. The first-order valence-corrected chi connectivity index (χ1v) is 15.0. The fraction of sp³-hybridized carbons (Fsp3) is 0.241. The minimum absolute atomic E-state index is 0.184. The number of para-hydroxylation sites is 1. The molecule has 5 aromatic rings. The molecule has 1 aliphatic heterocycles. The normalized spacial score (nSPS) is 14.8. The van der Waals surface area contributed by atoms with Gasteiger partial charge in [0.1, 0.15) is 10.7 Å². The molecule has 3 aromatic carbocycles. The van der Waals surface area contributed by atoms with Crippen molar-refractivity contribution in [3.8, 4) is 0 Å². The Bertz CT molecular complexity index is 1700. The number of aromatic nitrogens is 2. The van der Waals surface area contributed by atoms with Crippen molar-refractivity contribution in [1.82, 2.24) is 14.3 Å². The van der Waals surface area contributed by atoms with E-state index in [-0.39, 0.29) is 4.90 Å². The van der Waals surface area contributed by atoms with Crippen molar-refractivity contribution in [2.45, 2.75) is 18.2 Å². The minimum Gasteiger partial charge on any atom is -0.353 e. The Morgan fingerprint density at radius 1 is 0.947 bits per heavy atom. The number of nitrogens with zero attached hydrogens (tertiary/aromatic N) is 4. The highest BCUT2D eigenvalue weighted by molar-refractivity contribution is 7.93. The van der Waals surface area contributed by atoms with Gasteiger partial charge in [0.15, 0.2) is 0 Å². The first-order valence-electron chi connectivity index (χ1n) is 12.8. The van der Waals surface area contributed by atoms with Crippen LogP contribution in [0.4, 0.5) is 11.5 Å². The molecule has 0 spiro atoms. The van der Waals surface area contributed by atoms with Crippen LogP contribution in [0.15, 0.2) is 83.9 Å². The molecule has 0 aliphatic carbocycles. The van der Waals surface area contributed by atoms with Gasteiger partial charge < -0.3 is 4.90 Å². The van der Waals surface area contributed by atoms with E-state index in [9.17, 15) is 8.42 Å². The van der Waals surface area contributed by atoms with Crippen LogP contribution in [0.25, 0.3) is 21.0 Å². The van der Waals surface area contributed by atoms with Gasteiger partial charge in [0.25, 0.3) is 10.0 Å². The molecule has 194 valence electrons. The number of fused-ring (bicyclic) bond motifs is 2. The van der Waals surface area contributed by atoms with Gasteiger partial charge in [-0.3, -0.25) is 14.6 Å². The second kappa shape index (κ2) is 10.3. The zero-order valence-corrected chi connectivity index (χ0v) is 22.8. The average Bonchev–Trinajstić information content (AvgIpc) is 3.37. The quantitative estimate of drug-likeness (QED) is 0.299. The van der Waals surface area contributed by atoms with E-state index in [0.29, 0.717) is 11.2 Å². The van der Waals surface area contributed by atoms with E-state index in [0.717, 1.165) is 55.9 Å². The molecule has 9 heteroatoms. The maximum absolute atomic E-state index is 13.2. The van der Waals surface area contributed by atoms with Gasteiger partial charge in [-0.15, -0.1) is 0 Å². The second-order valence-corrected chi connectivity index (χ2v) is 12.1. The molecule has 1 N–H and O–H groups in total. The number of nitrogens with one attached hydrogen (secondary N) is 1. The van der Waals surface area contributed by atoms with Crippen LogP contribution in [0.1, 0.15) is 11.1 Å². The Kier molecular flexibility index (Phi) is 6.73. The average molecular weight is 544 g/mol. The lowest BCUT2D eigenvalue weighted by atomic mass is 10.1. The van der Waals surface area contributed by atoms with Crippen LogP contribution in [-0.2, 0) is 16.4 Å². The van der Waals surface area contributed by atoms with Crippen LogP contribution in [0, 0.1) is 6.92 Å². The number of pyridine rings is 1. The molecular formula is C29H29N5O2S2. The van der Waals surface area contributed by atoms with Gasteiger partial charge >= 0.3 is 0 Å². The molecule has 0 amide bonds. The third-order valence-electron chi connectivity index (χ3n) is 7.17. The van der Waals surface area contributed by atoms with Gasteiger partial charge in [0.05, 0.1) is 15.9 Å². The predicted molar refractivity (Wildman–Crippen MR) is 156 cm³/mol. The molecule has 0 atom stereocenters. The van der Waals surface area contributed by atoms with Crippen LogP contribution in [0.3, 0.4) is 0 Å². The zero-order chi connectivity index (χ0) is 26.1. The predicted octanol–water partition coefficient (Wildman–Crippen LogP) is 5.32. The van der Waals surface area contributed by atoms with Crippen molar-refractivity contribution >= 4 is 54.1 Å². The summed E-state index contributed by atoms with van der Waals surface area (Å²) in [5.41, 5.74) is 3.16. The number of aryl methyl sites for hydroxylation is 1. The monoisotopic (exact) mass is 543 g/mol. The van der Waals surface area contributed by atoms with Gasteiger partial charge in [-0.1, -0.05) is 42.5 Å². The smallest absolute Gasteiger partial charge is 0.264 e. The summed E-state index contributed by atoms with van der Waals surface area (Å²) in [7, 11) is -3.77. The van der Waals surface area contributed by atoms with E-state index in [1.165, 1.54) is 15.6 Å². The number of rotatable bonds is 7. The molecule has 0 saturated carbocycles. The third kappa shape index (κ3) is 4.97. The summed E-state index contributed by atoms with van der Waals surface area (Å²) in [6.07, 6.45) is 2.53. The molecule has 1 aliphatic rings. The highest BCUT2D eigenvalue weighted by Gasteiger charge is 2.21. The molecule has 0 radical (unpaired) electrons. The SMILES string of the molecule is Cc1cc(CCN2CCN(c3nsc4ccccc34)CC2)ccc1NS(=O)(=O)c1cccc2cccnc12. The summed E-state index contributed by atoms with van der Waals surface area (Å²) in [5, 5.41) is 2.04. The number of hydrogen-bond acceptors (Lipinski definition) is 7. The second-order valence-electron chi connectivity index (χ2n) is 9.67. The molecule has 0 bridgehead atoms. The number of benzene rings is 3. The van der Waals surface area contributed by atoms with E-state index in [4.69, 9.17) is 4.37 Å². The Balaban J connectivity index is 1.07. The molecule has 3 heterocycles. The summed E-state index contributed by atoms with van der Waals surface area (Å²) < 4.78 is 35.1. The Morgan fingerprint density at radius 3 is 2.61 bits per heavy atom. The summed E-state index contributed by atoms with van der Waals surface area (Å²) in [4.78, 5) is 9.37. The molecule has 2 aromatic heterocycles. The number of sulfonamides is 1. The highest BCUT2D eigenvalue weighted by atomic mass is 32.2. The lowest BCUT2D eigenvalue weighted by Gasteiger charge is -2.35. The Labute approximate surface area is 227 Å². The van der Waals surface area contributed by atoms with Gasteiger partial charge in [-0.05, 0) is 66.3 Å². The van der Waals surface area contributed by atoms with Crippen LogP contribution in [-0.4, -0.2) is 55.4 Å². The van der Waals surface area contributed by atoms with Gasteiger partial charge in [0, 0.05) is 49.7 Å². The highest BCUT2D eigenvalue weighted by Crippen LogP contribution is 2.30. The van der Waals surface area contributed by atoms with Crippen molar-refractivity contribution in [3.63, 3.8) is 0 Å². The van der Waals surface area contributed by atoms with E-state index < -0.39 is 10.0 Å². The zero-order valence-electron chi connectivity index (χ0n) is 21.2. The van der Waals surface area contributed by atoms with Crippen LogP contribution >= 0.6 is 11.5 Å². The lowest BCUT2D eigenvalue weighted by molar-refractivity contribution is 0.261. The standard InChI is InChI=1S/C29H29N5O2S2/c1-21-20-22(11-12-25(21)32-38(35,36)27-10-4-6-23-7-5-14-30-28(23)27)13-15-33-16-18-34(19-17-33)29-24-8-2-3-9-26(24)37-31-29/h2-12,14,20,32H,13,15-19H2,1H3. The largest absolute Gasteiger partial charge is 0.353 e. The van der Waals surface area contributed by atoms with Crippen LogP contribution in [0.2, 0.25) is 0 Å². The molecule has 0 unspecified atom stereocenters. The van der Waals surface area contributed by atoms with E-state index in [2.05, 4.69) is 49.8 Å². The topological polar surface area (TPSA) is 78.4 Å². The molecular weight excluding hydrogens is 514 g/mol. The summed E-state index contributed by atoms with van der Waals surface area (Å²) in [5.74, 6) is 1.11. The number of piperazine rings is 1. The first-order chi connectivity index (χ1) is 18.5. The fourth-order valence-corrected chi connectivity index (χ4v) is 7.17. The number of hydrogen-bond donors (Lipinski definition) is 1. The molecule has 1 saturated heterocycles. The van der Waals surface area contributed by atoms with Gasteiger partial charge in [0.2, 0.25) is 0 Å². The maximum Gasteiger partial charge on any atom is 0.264 e. The first kappa shape index (κ1) is 24.8. The maximum atomic E-state index is 13.2. The molecule has 1 fully saturated rings. The van der Waals surface area contributed by atoms with Crippen molar-refractivity contribution in [1.29, 1.82) is 0 Å². The Morgan fingerprint density at radius 2 is 1.76 bits per heavy atom. The minimum atomic E-state index is -3.77. The lowest BCUT2D eigenvalue weighted by Crippen LogP contribution is -2.47. The van der Waals surface area contributed by atoms with E-state index >= 15 is 0 Å². The van der Waals surface area contributed by atoms with Crippen molar-refractivity contribution < 1.29 is 8.42 Å². The van der Waals surface area contributed by atoms with Gasteiger partial charge in [-0.2, -0.15) is 4.37 Å². The number of anilines is 2. The third-order valence-corrected chi connectivity index (χ3v) is 9.38. The van der Waals surface area contributed by atoms with E-state index in [1.54, 1.807) is 35.9 Å². The summed E-state index contributed by atoms with van der Waals surface area (Å²) >= 11 is 1.57. The van der Waals surface area contributed by atoms with E-state index in [1.807, 2.05) is 31.2 Å².